The van der Waals surface area contributed by atoms with Gasteiger partial charge in [0.15, 0.2) is 0 Å². The highest BCUT2D eigenvalue weighted by Crippen LogP contribution is 2.38. The van der Waals surface area contributed by atoms with Crippen molar-refractivity contribution in [1.29, 1.82) is 0 Å². The predicted octanol–water partition coefficient (Wildman–Crippen LogP) is 3.09. The quantitative estimate of drug-likeness (QED) is 0.789. The van der Waals surface area contributed by atoms with Crippen LogP contribution in [0.2, 0.25) is 0 Å². The fourth-order valence-corrected chi connectivity index (χ4v) is 2.28. The first-order valence-corrected chi connectivity index (χ1v) is 6.42. The lowest BCUT2D eigenvalue weighted by molar-refractivity contribution is 0.00508. The van der Waals surface area contributed by atoms with E-state index in [9.17, 15) is 8.78 Å². The van der Waals surface area contributed by atoms with E-state index in [0.717, 1.165) is 5.75 Å². The fourth-order valence-electron chi connectivity index (χ4n) is 2.28. The molecule has 1 aliphatic carbocycles. The van der Waals surface area contributed by atoms with Crippen molar-refractivity contribution in [3.05, 3.63) is 30.3 Å². The first kappa shape index (κ1) is 13.3. The molecule has 1 aliphatic rings. The summed E-state index contributed by atoms with van der Waals surface area (Å²) >= 11 is 0. The normalized spacial score (nSPS) is 22.0. The molecule has 4 heteroatoms. The molecule has 0 heterocycles. The van der Waals surface area contributed by atoms with E-state index in [4.69, 9.17) is 4.74 Å². The van der Waals surface area contributed by atoms with E-state index in [2.05, 4.69) is 5.32 Å². The maximum atomic E-state index is 12.9. The summed E-state index contributed by atoms with van der Waals surface area (Å²) in [6, 6.07) is 9.58. The first-order valence-electron chi connectivity index (χ1n) is 6.42. The number of halogens is 2. The van der Waals surface area contributed by atoms with Crippen LogP contribution in [0.3, 0.4) is 0 Å². The van der Waals surface area contributed by atoms with Crippen molar-refractivity contribution in [1.82, 2.24) is 5.32 Å². The Morgan fingerprint density at radius 3 is 2.72 bits per heavy atom. The number of alkyl halides is 2. The van der Waals surface area contributed by atoms with Gasteiger partial charge in [-0.05, 0) is 31.0 Å². The van der Waals surface area contributed by atoms with E-state index in [-0.39, 0.29) is 18.8 Å². The predicted molar refractivity (Wildman–Crippen MR) is 67.1 cm³/mol. The van der Waals surface area contributed by atoms with Crippen LogP contribution in [0.25, 0.3) is 0 Å². The molecule has 1 aromatic carbocycles. The van der Waals surface area contributed by atoms with Crippen LogP contribution in [-0.2, 0) is 0 Å². The van der Waals surface area contributed by atoms with Crippen molar-refractivity contribution in [3.63, 3.8) is 0 Å². The summed E-state index contributed by atoms with van der Waals surface area (Å²) in [5.74, 6) is -1.49. The van der Waals surface area contributed by atoms with Crippen molar-refractivity contribution in [2.45, 2.75) is 25.2 Å². The number of ether oxygens (including phenoxy) is 1. The third-order valence-corrected chi connectivity index (χ3v) is 3.23. The summed E-state index contributed by atoms with van der Waals surface area (Å²) < 4.78 is 31.4. The number of para-hydroxylation sites is 1. The summed E-state index contributed by atoms with van der Waals surface area (Å²) in [5.41, 5.74) is 0. The molecule has 2 nitrogen and oxygen atoms in total. The van der Waals surface area contributed by atoms with Crippen LogP contribution in [0.4, 0.5) is 8.78 Å². The lowest BCUT2D eigenvalue weighted by Crippen LogP contribution is -2.26. The average molecular weight is 255 g/mol. The second kappa shape index (κ2) is 6.14. The zero-order chi connectivity index (χ0) is 12.8. The number of nitrogens with one attached hydrogen (secondary N) is 1. The lowest BCUT2D eigenvalue weighted by atomic mass is 10.1. The Hall–Kier alpha value is -1.16. The third-order valence-electron chi connectivity index (χ3n) is 3.23. The second-order valence-corrected chi connectivity index (χ2v) is 4.83. The van der Waals surface area contributed by atoms with Gasteiger partial charge in [0, 0.05) is 19.4 Å². The van der Waals surface area contributed by atoms with Gasteiger partial charge in [0.2, 0.25) is 5.92 Å². The monoisotopic (exact) mass is 255 g/mol. The molecule has 0 radical (unpaired) electrons. The van der Waals surface area contributed by atoms with Gasteiger partial charge in [0.05, 0.1) is 0 Å². The van der Waals surface area contributed by atoms with Gasteiger partial charge in [-0.15, -0.1) is 0 Å². The molecule has 1 fully saturated rings. The van der Waals surface area contributed by atoms with Crippen LogP contribution in [-0.4, -0.2) is 25.6 Å². The van der Waals surface area contributed by atoms with Crippen molar-refractivity contribution >= 4 is 0 Å². The van der Waals surface area contributed by atoms with E-state index in [0.29, 0.717) is 26.1 Å². The number of hydrogen-bond acceptors (Lipinski definition) is 2. The molecule has 0 saturated heterocycles. The van der Waals surface area contributed by atoms with E-state index >= 15 is 0 Å². The fraction of sp³-hybridized carbons (Fsp3) is 0.571. The molecule has 1 saturated carbocycles. The summed E-state index contributed by atoms with van der Waals surface area (Å²) in [6.45, 7) is 1.91. The molecule has 18 heavy (non-hydrogen) atoms. The van der Waals surface area contributed by atoms with Crippen LogP contribution < -0.4 is 10.1 Å². The second-order valence-electron chi connectivity index (χ2n) is 4.83. The average Bonchev–Trinajstić information content (AvgIpc) is 2.70. The molecule has 0 aromatic heterocycles. The molecule has 0 aliphatic heterocycles. The zero-order valence-corrected chi connectivity index (χ0v) is 10.4. The summed E-state index contributed by atoms with van der Waals surface area (Å²) in [5, 5.41) is 3.18. The maximum absolute atomic E-state index is 12.9. The molecule has 0 spiro atoms. The molecule has 1 aromatic rings. The molecule has 100 valence electrons. The molecule has 1 N–H and O–H groups in total. The molecule has 0 bridgehead atoms. The van der Waals surface area contributed by atoms with Crippen LogP contribution >= 0.6 is 0 Å². The number of rotatable bonds is 6. The molecular weight excluding hydrogens is 236 g/mol. The Kier molecular flexibility index (Phi) is 4.53. The van der Waals surface area contributed by atoms with Gasteiger partial charge in [-0.3, -0.25) is 0 Å². The highest BCUT2D eigenvalue weighted by atomic mass is 19.3. The molecule has 0 amide bonds. The van der Waals surface area contributed by atoms with Crippen molar-refractivity contribution in [2.24, 2.45) is 5.92 Å². The minimum absolute atomic E-state index is 0.0273. The van der Waals surface area contributed by atoms with Crippen LogP contribution in [0.1, 0.15) is 19.3 Å². The third kappa shape index (κ3) is 4.26. The van der Waals surface area contributed by atoms with Crippen LogP contribution in [0.5, 0.6) is 5.75 Å². The van der Waals surface area contributed by atoms with Gasteiger partial charge in [0.1, 0.15) is 12.4 Å². The molecule has 1 unspecified atom stereocenters. The Bertz CT molecular complexity index is 356. The minimum atomic E-state index is -2.44. The van der Waals surface area contributed by atoms with Crippen molar-refractivity contribution in [2.75, 3.05) is 19.7 Å². The van der Waals surface area contributed by atoms with Gasteiger partial charge in [-0.2, -0.15) is 0 Å². The standard InChI is InChI=1S/C14H19F2NO/c15-14(16)7-6-12(10-14)11-17-8-9-18-13-4-2-1-3-5-13/h1-5,12,17H,6-11H2. The van der Waals surface area contributed by atoms with E-state index in [1.807, 2.05) is 30.3 Å². The number of benzene rings is 1. The van der Waals surface area contributed by atoms with Crippen LogP contribution in [0.15, 0.2) is 30.3 Å². The van der Waals surface area contributed by atoms with Gasteiger partial charge in [-0.25, -0.2) is 8.78 Å². The first-order chi connectivity index (χ1) is 8.66. The van der Waals surface area contributed by atoms with E-state index < -0.39 is 5.92 Å². The smallest absolute Gasteiger partial charge is 0.248 e. The Balaban J connectivity index is 1.54. The van der Waals surface area contributed by atoms with Gasteiger partial charge >= 0.3 is 0 Å². The zero-order valence-electron chi connectivity index (χ0n) is 10.4. The van der Waals surface area contributed by atoms with Gasteiger partial charge < -0.3 is 10.1 Å². The topological polar surface area (TPSA) is 21.3 Å². The van der Waals surface area contributed by atoms with E-state index in [1.165, 1.54) is 0 Å². The maximum Gasteiger partial charge on any atom is 0.248 e. The Morgan fingerprint density at radius 1 is 1.28 bits per heavy atom. The number of hydrogen-bond donors (Lipinski definition) is 1. The minimum Gasteiger partial charge on any atom is -0.492 e. The molecule has 1 atom stereocenters. The lowest BCUT2D eigenvalue weighted by Gasteiger charge is -2.12. The van der Waals surface area contributed by atoms with Crippen molar-refractivity contribution < 1.29 is 13.5 Å². The summed E-state index contributed by atoms with van der Waals surface area (Å²) in [6.07, 6.45) is 0.693. The highest BCUT2D eigenvalue weighted by Gasteiger charge is 2.38. The largest absolute Gasteiger partial charge is 0.492 e. The highest BCUT2D eigenvalue weighted by molar-refractivity contribution is 5.20. The summed E-state index contributed by atoms with van der Waals surface area (Å²) in [4.78, 5) is 0. The van der Waals surface area contributed by atoms with Gasteiger partial charge in [-0.1, -0.05) is 18.2 Å². The Labute approximate surface area is 106 Å². The van der Waals surface area contributed by atoms with Crippen LogP contribution in [0, 0.1) is 5.92 Å². The summed E-state index contributed by atoms with van der Waals surface area (Å²) in [7, 11) is 0. The van der Waals surface area contributed by atoms with Crippen molar-refractivity contribution in [3.8, 4) is 5.75 Å². The van der Waals surface area contributed by atoms with Gasteiger partial charge in [0.25, 0.3) is 0 Å². The molecular formula is C14H19F2NO. The van der Waals surface area contributed by atoms with E-state index in [1.54, 1.807) is 0 Å². The Morgan fingerprint density at radius 2 is 2.06 bits per heavy atom. The molecule has 2 rings (SSSR count). The SMILES string of the molecule is FC1(F)CCC(CNCCOc2ccccc2)C1.